The second kappa shape index (κ2) is 6.21. The molecule has 2 amide bonds. The van der Waals surface area contributed by atoms with Gasteiger partial charge in [0.25, 0.3) is 11.8 Å². The van der Waals surface area contributed by atoms with Gasteiger partial charge in [0, 0.05) is 38.2 Å². The lowest BCUT2D eigenvalue weighted by Crippen LogP contribution is -2.77. The van der Waals surface area contributed by atoms with Crippen molar-refractivity contribution in [3.8, 4) is 0 Å². The molecule has 0 bridgehead atoms. The van der Waals surface area contributed by atoms with E-state index in [-0.39, 0.29) is 17.4 Å². The van der Waals surface area contributed by atoms with E-state index in [4.69, 9.17) is 4.74 Å². The van der Waals surface area contributed by atoms with Crippen molar-refractivity contribution in [1.29, 1.82) is 0 Å². The summed E-state index contributed by atoms with van der Waals surface area (Å²) in [6.07, 6.45) is 4.97. The highest BCUT2D eigenvalue weighted by Gasteiger charge is 2.66. The van der Waals surface area contributed by atoms with Gasteiger partial charge in [-0.05, 0) is 37.1 Å². The molecular formula is C20H21N3O3. The number of carbonyl (C=O) groups is 2. The fourth-order valence-electron chi connectivity index (χ4n) is 3.77. The van der Waals surface area contributed by atoms with Crippen LogP contribution < -0.4 is 5.32 Å². The minimum absolute atomic E-state index is 0.0745. The van der Waals surface area contributed by atoms with Gasteiger partial charge in [0.2, 0.25) is 0 Å². The van der Waals surface area contributed by atoms with Crippen molar-refractivity contribution in [3.63, 3.8) is 0 Å². The fourth-order valence-corrected chi connectivity index (χ4v) is 3.77. The normalized spacial score (nSPS) is 19.3. The molecule has 26 heavy (non-hydrogen) atoms. The summed E-state index contributed by atoms with van der Waals surface area (Å²) in [5.74, 6) is -0.211. The number of hydrogen-bond donors (Lipinski definition) is 1. The highest BCUT2D eigenvalue weighted by Crippen LogP contribution is 2.51. The molecule has 2 heterocycles. The molecule has 0 spiro atoms. The van der Waals surface area contributed by atoms with Crippen LogP contribution in [0, 0.1) is 0 Å². The van der Waals surface area contributed by atoms with Crippen LogP contribution in [0.4, 0.5) is 0 Å². The topological polar surface area (TPSA) is 71.5 Å². The van der Waals surface area contributed by atoms with E-state index < -0.39 is 5.54 Å². The third-order valence-electron chi connectivity index (χ3n) is 5.47. The van der Waals surface area contributed by atoms with Crippen molar-refractivity contribution in [1.82, 2.24) is 15.2 Å². The smallest absolute Gasteiger partial charge is 0.255 e. The molecule has 0 radical (unpaired) electrons. The molecule has 1 aromatic carbocycles. The Kier molecular flexibility index (Phi) is 4.00. The van der Waals surface area contributed by atoms with E-state index in [2.05, 4.69) is 10.3 Å². The zero-order valence-electron chi connectivity index (χ0n) is 14.6. The van der Waals surface area contributed by atoms with E-state index in [0.717, 1.165) is 12.8 Å². The van der Waals surface area contributed by atoms with Crippen LogP contribution in [-0.2, 0) is 4.74 Å². The fraction of sp³-hybridized carbons (Fsp3) is 0.350. The molecule has 0 atom stereocenters. The Hall–Kier alpha value is -2.73. The van der Waals surface area contributed by atoms with Crippen LogP contribution in [0.2, 0.25) is 0 Å². The van der Waals surface area contributed by atoms with Crippen molar-refractivity contribution in [3.05, 3.63) is 66.0 Å². The monoisotopic (exact) mass is 351 g/mol. The number of nitrogens with one attached hydrogen (secondary N) is 1. The number of ether oxygens (including phenoxy) is 1. The second-order valence-electron chi connectivity index (χ2n) is 7.00. The highest BCUT2D eigenvalue weighted by atomic mass is 16.5. The van der Waals surface area contributed by atoms with Crippen LogP contribution in [0.1, 0.15) is 33.6 Å². The summed E-state index contributed by atoms with van der Waals surface area (Å²) in [4.78, 5) is 31.1. The first-order chi connectivity index (χ1) is 12.6. The number of likely N-dealkylation sites (tertiary alicyclic amines) is 1. The lowest BCUT2D eigenvalue weighted by atomic mass is 9.80. The lowest BCUT2D eigenvalue weighted by Gasteiger charge is -2.54. The Balaban J connectivity index is 1.53. The van der Waals surface area contributed by atoms with Crippen LogP contribution in [0.5, 0.6) is 0 Å². The molecule has 4 rings (SSSR count). The Labute approximate surface area is 152 Å². The van der Waals surface area contributed by atoms with Crippen LogP contribution in [0.15, 0.2) is 54.9 Å². The summed E-state index contributed by atoms with van der Waals surface area (Å²) in [6, 6.07) is 12.6. The lowest BCUT2D eigenvalue weighted by molar-refractivity contribution is -0.0709. The molecule has 134 valence electrons. The van der Waals surface area contributed by atoms with E-state index in [1.807, 2.05) is 18.2 Å². The van der Waals surface area contributed by atoms with Crippen LogP contribution in [-0.4, -0.2) is 53.0 Å². The Morgan fingerprint density at radius 1 is 1.08 bits per heavy atom. The molecule has 6 nitrogen and oxygen atoms in total. The zero-order valence-corrected chi connectivity index (χ0v) is 14.6. The van der Waals surface area contributed by atoms with E-state index in [0.29, 0.717) is 24.2 Å². The molecule has 1 aliphatic heterocycles. The molecule has 1 aliphatic carbocycles. The quantitative estimate of drug-likeness (QED) is 0.893. The molecule has 1 saturated carbocycles. The molecule has 1 saturated heterocycles. The van der Waals surface area contributed by atoms with Crippen LogP contribution in [0.3, 0.4) is 0 Å². The maximum absolute atomic E-state index is 12.7. The van der Waals surface area contributed by atoms with Crippen molar-refractivity contribution in [2.45, 2.75) is 24.0 Å². The number of hydrogen-bond acceptors (Lipinski definition) is 4. The Bertz CT molecular complexity index is 813. The van der Waals surface area contributed by atoms with Gasteiger partial charge in [-0.3, -0.25) is 14.6 Å². The summed E-state index contributed by atoms with van der Waals surface area (Å²) in [7, 11) is 1.68. The van der Waals surface area contributed by atoms with Gasteiger partial charge in [-0.25, -0.2) is 0 Å². The van der Waals surface area contributed by atoms with Gasteiger partial charge >= 0.3 is 0 Å². The molecule has 0 unspecified atom stereocenters. The number of aromatic nitrogens is 1. The number of methoxy groups -OCH3 is 1. The molecule has 2 aromatic rings. The maximum atomic E-state index is 12.7. The summed E-state index contributed by atoms with van der Waals surface area (Å²) in [5, 5.41) is 3.16. The summed E-state index contributed by atoms with van der Waals surface area (Å²) in [6.45, 7) is 0.875. The van der Waals surface area contributed by atoms with Crippen molar-refractivity contribution < 1.29 is 14.3 Å². The first-order valence-corrected chi connectivity index (χ1v) is 8.71. The Morgan fingerprint density at radius 2 is 1.77 bits per heavy atom. The number of pyridine rings is 1. The van der Waals surface area contributed by atoms with E-state index >= 15 is 0 Å². The molecule has 1 aromatic heterocycles. The van der Waals surface area contributed by atoms with Crippen molar-refractivity contribution >= 4 is 11.8 Å². The van der Waals surface area contributed by atoms with Gasteiger partial charge in [-0.15, -0.1) is 0 Å². The van der Waals surface area contributed by atoms with E-state index in [1.54, 1.807) is 48.7 Å². The number of rotatable bonds is 5. The third-order valence-corrected chi connectivity index (χ3v) is 5.47. The molecule has 6 heteroatoms. The number of amides is 2. The van der Waals surface area contributed by atoms with Gasteiger partial charge < -0.3 is 15.0 Å². The predicted octanol–water partition coefficient (Wildman–Crippen LogP) is 1.89. The average molecular weight is 351 g/mol. The van der Waals surface area contributed by atoms with Crippen molar-refractivity contribution in [2.24, 2.45) is 0 Å². The number of nitrogens with zero attached hydrogens (tertiary/aromatic N) is 2. The standard InChI is InChI=1S/C20H21N3O3/c1-26-20(9-10-20)19(22-17(24)15-6-3-2-4-7-15)13-23(14-19)18(25)16-8-5-11-21-12-16/h2-8,11-12H,9-10,13-14H2,1H3,(H,22,24). The van der Waals surface area contributed by atoms with E-state index in [1.165, 1.54) is 0 Å². The number of carbonyl (C=O) groups excluding carboxylic acids is 2. The predicted molar refractivity (Wildman–Crippen MR) is 95.8 cm³/mol. The first-order valence-electron chi connectivity index (χ1n) is 8.71. The molecular weight excluding hydrogens is 330 g/mol. The molecule has 2 fully saturated rings. The van der Waals surface area contributed by atoms with Crippen molar-refractivity contribution in [2.75, 3.05) is 20.2 Å². The van der Waals surface area contributed by atoms with Gasteiger partial charge in [0.05, 0.1) is 11.2 Å². The summed E-state index contributed by atoms with van der Waals surface area (Å²) < 4.78 is 5.76. The third kappa shape index (κ3) is 2.66. The largest absolute Gasteiger partial charge is 0.376 e. The first kappa shape index (κ1) is 16.7. The molecule has 2 aliphatic rings. The second-order valence-corrected chi connectivity index (χ2v) is 7.00. The van der Waals surface area contributed by atoms with Gasteiger partial charge in [-0.2, -0.15) is 0 Å². The Morgan fingerprint density at radius 3 is 2.35 bits per heavy atom. The summed E-state index contributed by atoms with van der Waals surface area (Å²) in [5.41, 5.74) is 0.226. The van der Waals surface area contributed by atoms with Gasteiger partial charge in [-0.1, -0.05) is 18.2 Å². The SMILES string of the molecule is COC1(C2(NC(=O)c3ccccc3)CN(C(=O)c3cccnc3)C2)CC1. The van der Waals surface area contributed by atoms with E-state index in [9.17, 15) is 9.59 Å². The summed E-state index contributed by atoms with van der Waals surface area (Å²) >= 11 is 0. The number of benzene rings is 1. The average Bonchev–Trinajstić information content (AvgIpc) is 3.46. The highest BCUT2D eigenvalue weighted by molar-refractivity contribution is 5.97. The van der Waals surface area contributed by atoms with Crippen LogP contribution in [0.25, 0.3) is 0 Å². The minimum Gasteiger partial charge on any atom is -0.376 e. The van der Waals surface area contributed by atoms with Gasteiger partial charge in [0.1, 0.15) is 5.54 Å². The maximum Gasteiger partial charge on any atom is 0.255 e. The van der Waals surface area contributed by atoms with Gasteiger partial charge in [0.15, 0.2) is 0 Å². The zero-order chi connectivity index (χ0) is 18.2. The molecule has 1 N–H and O–H groups in total. The van der Waals surface area contributed by atoms with Crippen LogP contribution >= 0.6 is 0 Å². The minimum atomic E-state index is -0.549.